The Bertz CT molecular complexity index is 718. The number of primary amides is 1. The van der Waals surface area contributed by atoms with E-state index in [0.29, 0.717) is 5.75 Å². The average molecular weight is 316 g/mol. The summed E-state index contributed by atoms with van der Waals surface area (Å²) in [4.78, 5) is 23.7. The third-order valence-corrected chi connectivity index (χ3v) is 3.31. The monoisotopic (exact) mass is 316 g/mol. The van der Waals surface area contributed by atoms with Crippen molar-refractivity contribution in [3.8, 4) is 5.75 Å². The highest BCUT2D eigenvalue weighted by atomic mass is 19.1. The van der Waals surface area contributed by atoms with Crippen molar-refractivity contribution in [1.82, 2.24) is 5.32 Å². The molecule has 0 saturated carbocycles. The second-order valence-electron chi connectivity index (χ2n) is 4.99. The van der Waals surface area contributed by atoms with Gasteiger partial charge in [-0.3, -0.25) is 9.59 Å². The fourth-order valence-corrected chi connectivity index (χ4v) is 2.13. The second kappa shape index (κ2) is 7.40. The van der Waals surface area contributed by atoms with Gasteiger partial charge in [-0.25, -0.2) is 4.39 Å². The largest absolute Gasteiger partial charge is 0.497 e. The molecule has 2 aromatic rings. The van der Waals surface area contributed by atoms with Crippen LogP contribution in [0.25, 0.3) is 0 Å². The molecule has 5 nitrogen and oxygen atoms in total. The Kier molecular flexibility index (Phi) is 5.30. The predicted molar refractivity (Wildman–Crippen MR) is 83.5 cm³/mol. The molecule has 0 aromatic heterocycles. The van der Waals surface area contributed by atoms with Gasteiger partial charge >= 0.3 is 0 Å². The van der Waals surface area contributed by atoms with Gasteiger partial charge < -0.3 is 15.8 Å². The van der Waals surface area contributed by atoms with E-state index in [2.05, 4.69) is 5.32 Å². The highest BCUT2D eigenvalue weighted by molar-refractivity contribution is 5.97. The summed E-state index contributed by atoms with van der Waals surface area (Å²) in [6.45, 7) is 0. The standard InChI is InChI=1S/C17H17FN2O3/c1-23-14-7-2-4-11(8-14)9-15(16(19)21)20-17(22)12-5-3-6-13(18)10-12/h2-8,10,15H,9H2,1H3,(H2,19,21)(H,20,22)/t15-/m1/s1. The Hall–Kier alpha value is -2.89. The summed E-state index contributed by atoms with van der Waals surface area (Å²) >= 11 is 0. The van der Waals surface area contributed by atoms with Crippen molar-refractivity contribution in [3.63, 3.8) is 0 Å². The van der Waals surface area contributed by atoms with Crippen molar-refractivity contribution in [2.45, 2.75) is 12.5 Å². The van der Waals surface area contributed by atoms with E-state index in [1.165, 1.54) is 25.3 Å². The quantitative estimate of drug-likeness (QED) is 0.850. The van der Waals surface area contributed by atoms with Gasteiger partial charge in [0, 0.05) is 12.0 Å². The third kappa shape index (κ3) is 4.54. The Morgan fingerprint density at radius 1 is 1.22 bits per heavy atom. The highest BCUT2D eigenvalue weighted by Gasteiger charge is 2.20. The SMILES string of the molecule is COc1cccc(C[C@@H](NC(=O)c2cccc(F)c2)C(N)=O)c1. The Morgan fingerprint density at radius 3 is 2.61 bits per heavy atom. The lowest BCUT2D eigenvalue weighted by Gasteiger charge is -2.16. The van der Waals surface area contributed by atoms with Gasteiger partial charge in [-0.2, -0.15) is 0 Å². The lowest BCUT2D eigenvalue weighted by Crippen LogP contribution is -2.45. The zero-order chi connectivity index (χ0) is 16.8. The van der Waals surface area contributed by atoms with Crippen LogP contribution in [0, 0.1) is 5.82 Å². The molecule has 0 aliphatic rings. The number of halogens is 1. The molecule has 120 valence electrons. The molecule has 0 bridgehead atoms. The average Bonchev–Trinajstić information content (AvgIpc) is 2.54. The van der Waals surface area contributed by atoms with E-state index >= 15 is 0 Å². The molecule has 2 rings (SSSR count). The number of ether oxygens (including phenoxy) is 1. The zero-order valence-corrected chi connectivity index (χ0v) is 12.6. The molecule has 0 aliphatic carbocycles. The van der Waals surface area contributed by atoms with Gasteiger partial charge in [-0.1, -0.05) is 18.2 Å². The van der Waals surface area contributed by atoms with Crippen LogP contribution in [0.5, 0.6) is 5.75 Å². The first-order valence-corrected chi connectivity index (χ1v) is 6.98. The van der Waals surface area contributed by atoms with Crippen molar-refractivity contribution in [1.29, 1.82) is 0 Å². The molecule has 0 aliphatic heterocycles. The van der Waals surface area contributed by atoms with Gasteiger partial charge in [0.05, 0.1) is 7.11 Å². The van der Waals surface area contributed by atoms with Crippen LogP contribution >= 0.6 is 0 Å². The maximum atomic E-state index is 13.2. The topological polar surface area (TPSA) is 81.4 Å². The number of hydrogen-bond donors (Lipinski definition) is 2. The second-order valence-corrected chi connectivity index (χ2v) is 4.99. The molecule has 0 fully saturated rings. The number of nitrogens with two attached hydrogens (primary N) is 1. The summed E-state index contributed by atoms with van der Waals surface area (Å²) in [5.41, 5.74) is 6.26. The fourth-order valence-electron chi connectivity index (χ4n) is 2.13. The van der Waals surface area contributed by atoms with E-state index in [1.807, 2.05) is 0 Å². The van der Waals surface area contributed by atoms with Crippen LogP contribution in [-0.2, 0) is 11.2 Å². The first-order valence-electron chi connectivity index (χ1n) is 6.98. The molecular weight excluding hydrogens is 299 g/mol. The molecular formula is C17H17FN2O3. The van der Waals surface area contributed by atoms with Gasteiger partial charge in [-0.05, 0) is 35.9 Å². The normalized spacial score (nSPS) is 11.6. The van der Waals surface area contributed by atoms with E-state index in [9.17, 15) is 14.0 Å². The molecule has 0 spiro atoms. The van der Waals surface area contributed by atoms with Crippen LogP contribution in [0.4, 0.5) is 4.39 Å². The van der Waals surface area contributed by atoms with Crippen LogP contribution in [0.3, 0.4) is 0 Å². The first-order chi connectivity index (χ1) is 11.0. The maximum absolute atomic E-state index is 13.2. The smallest absolute Gasteiger partial charge is 0.252 e. The minimum atomic E-state index is -0.905. The van der Waals surface area contributed by atoms with Crippen molar-refractivity contribution in [3.05, 3.63) is 65.5 Å². The first kappa shape index (κ1) is 16.5. The summed E-state index contributed by atoms with van der Waals surface area (Å²) in [7, 11) is 1.54. The third-order valence-electron chi connectivity index (χ3n) is 3.31. The van der Waals surface area contributed by atoms with Crippen LogP contribution in [0.15, 0.2) is 48.5 Å². The minimum Gasteiger partial charge on any atom is -0.497 e. The lowest BCUT2D eigenvalue weighted by molar-refractivity contribution is -0.119. The van der Waals surface area contributed by atoms with E-state index in [-0.39, 0.29) is 12.0 Å². The van der Waals surface area contributed by atoms with Crippen molar-refractivity contribution >= 4 is 11.8 Å². The van der Waals surface area contributed by atoms with Gasteiger partial charge in [0.2, 0.25) is 5.91 Å². The molecule has 1 atom stereocenters. The number of amides is 2. The van der Waals surface area contributed by atoms with E-state index < -0.39 is 23.7 Å². The van der Waals surface area contributed by atoms with E-state index in [4.69, 9.17) is 10.5 Å². The summed E-state index contributed by atoms with van der Waals surface area (Å²) in [6, 6.07) is 11.4. The number of benzene rings is 2. The zero-order valence-electron chi connectivity index (χ0n) is 12.6. The Balaban J connectivity index is 2.12. The minimum absolute atomic E-state index is 0.127. The van der Waals surface area contributed by atoms with Gasteiger partial charge in [0.15, 0.2) is 0 Å². The van der Waals surface area contributed by atoms with Crippen LogP contribution < -0.4 is 15.8 Å². The number of hydrogen-bond acceptors (Lipinski definition) is 3. The van der Waals surface area contributed by atoms with Crippen LogP contribution in [0.1, 0.15) is 15.9 Å². The lowest BCUT2D eigenvalue weighted by atomic mass is 10.0. The van der Waals surface area contributed by atoms with Crippen LogP contribution in [0.2, 0.25) is 0 Å². The predicted octanol–water partition coefficient (Wildman–Crippen LogP) is 1.66. The summed E-state index contributed by atoms with van der Waals surface area (Å²) in [6.07, 6.45) is 0.216. The van der Waals surface area contributed by atoms with Crippen molar-refractivity contribution in [2.75, 3.05) is 7.11 Å². The van der Waals surface area contributed by atoms with E-state index in [1.54, 1.807) is 24.3 Å². The van der Waals surface area contributed by atoms with Crippen LogP contribution in [-0.4, -0.2) is 25.0 Å². The molecule has 3 N–H and O–H groups in total. The van der Waals surface area contributed by atoms with Crippen molar-refractivity contribution in [2.24, 2.45) is 5.73 Å². The Labute approximate surface area is 133 Å². The molecule has 23 heavy (non-hydrogen) atoms. The Morgan fingerprint density at radius 2 is 1.96 bits per heavy atom. The van der Waals surface area contributed by atoms with Gasteiger partial charge in [-0.15, -0.1) is 0 Å². The van der Waals surface area contributed by atoms with Gasteiger partial charge in [0.25, 0.3) is 5.91 Å². The summed E-state index contributed by atoms with van der Waals surface area (Å²) in [5, 5.41) is 2.52. The number of methoxy groups -OCH3 is 1. The molecule has 6 heteroatoms. The van der Waals surface area contributed by atoms with Crippen molar-refractivity contribution < 1.29 is 18.7 Å². The maximum Gasteiger partial charge on any atom is 0.252 e. The fraction of sp³-hybridized carbons (Fsp3) is 0.176. The van der Waals surface area contributed by atoms with E-state index in [0.717, 1.165) is 11.6 Å². The number of carbonyl (C=O) groups excluding carboxylic acids is 2. The molecule has 2 aromatic carbocycles. The molecule has 0 saturated heterocycles. The summed E-state index contributed by atoms with van der Waals surface area (Å²) in [5.74, 6) is -1.11. The number of rotatable bonds is 6. The molecule has 0 heterocycles. The molecule has 0 radical (unpaired) electrons. The summed E-state index contributed by atoms with van der Waals surface area (Å²) < 4.78 is 18.3. The number of nitrogens with one attached hydrogen (secondary N) is 1. The number of carbonyl (C=O) groups is 2. The highest BCUT2D eigenvalue weighted by Crippen LogP contribution is 2.14. The van der Waals surface area contributed by atoms with Gasteiger partial charge in [0.1, 0.15) is 17.6 Å². The molecule has 0 unspecified atom stereocenters. The molecule has 2 amide bonds.